The van der Waals surface area contributed by atoms with Gasteiger partial charge in [-0.25, -0.2) is 19.3 Å². The summed E-state index contributed by atoms with van der Waals surface area (Å²) >= 11 is 0. The second-order valence-corrected chi connectivity index (χ2v) is 9.14. The first-order valence-electron chi connectivity index (χ1n) is 11.8. The molecule has 1 aromatic heterocycles. The van der Waals surface area contributed by atoms with E-state index in [-0.39, 0.29) is 45.6 Å². The highest BCUT2D eigenvalue weighted by atomic mass is 19.4. The van der Waals surface area contributed by atoms with Gasteiger partial charge in [0.2, 0.25) is 5.95 Å². The van der Waals surface area contributed by atoms with Gasteiger partial charge in [-0.15, -0.1) is 5.10 Å². The van der Waals surface area contributed by atoms with Crippen molar-refractivity contribution in [3.8, 4) is 6.07 Å². The highest BCUT2D eigenvalue weighted by molar-refractivity contribution is 5.99. The molecule has 1 aliphatic carbocycles. The summed E-state index contributed by atoms with van der Waals surface area (Å²) in [6.07, 6.45) is -3.05. The Kier molecular flexibility index (Phi) is 6.26. The fraction of sp³-hybridized carbons (Fsp3) is 0.269. The van der Waals surface area contributed by atoms with Crippen LogP contribution in [-0.2, 0) is 15.7 Å². The van der Waals surface area contributed by atoms with Gasteiger partial charge in [0.1, 0.15) is 6.04 Å². The van der Waals surface area contributed by atoms with Crippen LogP contribution in [0.5, 0.6) is 0 Å². The Morgan fingerprint density at radius 2 is 1.95 bits per heavy atom. The number of aromatic amines is 1. The van der Waals surface area contributed by atoms with Crippen LogP contribution in [0.15, 0.2) is 58.5 Å². The van der Waals surface area contributed by atoms with E-state index in [1.54, 1.807) is 0 Å². The topological polar surface area (TPSA) is 133 Å². The number of allylic oxidation sites excluding steroid dienone is 1. The van der Waals surface area contributed by atoms with Gasteiger partial charge in [0, 0.05) is 23.0 Å². The molecule has 0 bridgehead atoms. The summed E-state index contributed by atoms with van der Waals surface area (Å²) in [5.41, 5.74) is -1.24. The van der Waals surface area contributed by atoms with E-state index in [0.717, 1.165) is 36.7 Å². The molecule has 1 amide bonds. The van der Waals surface area contributed by atoms with Gasteiger partial charge in [0.05, 0.1) is 29.9 Å². The Morgan fingerprint density at radius 3 is 2.59 bits per heavy atom. The van der Waals surface area contributed by atoms with Crippen molar-refractivity contribution in [1.82, 2.24) is 20.1 Å². The fourth-order valence-electron chi connectivity index (χ4n) is 4.63. The van der Waals surface area contributed by atoms with Crippen LogP contribution in [0.4, 0.5) is 24.8 Å². The van der Waals surface area contributed by atoms with Crippen molar-refractivity contribution in [3.05, 3.63) is 86.5 Å². The molecule has 2 aromatic carbocycles. The number of carbonyl (C=O) groups is 2. The number of nitrogens with zero attached hydrogens (tertiary/aromatic N) is 4. The summed E-state index contributed by atoms with van der Waals surface area (Å²) in [5, 5.41) is 18.6. The number of methoxy groups -OCH3 is 1. The summed E-state index contributed by atoms with van der Waals surface area (Å²) < 4.78 is 46.6. The molecule has 0 saturated heterocycles. The van der Waals surface area contributed by atoms with E-state index < -0.39 is 35.3 Å². The van der Waals surface area contributed by atoms with Crippen LogP contribution >= 0.6 is 0 Å². The SMILES string of the molecule is COC(=O)C1=C(C)N(c2cccc(C(F)(F)F)c2)c2n[nH]c(=O)n2[C@@H]1c1ccc(C#N)cc1C(=O)NC1CC1. The third kappa shape index (κ3) is 4.54. The number of aromatic nitrogens is 3. The van der Waals surface area contributed by atoms with Crippen LogP contribution in [0.1, 0.15) is 52.9 Å². The number of halogens is 3. The molecule has 13 heteroatoms. The monoisotopic (exact) mass is 538 g/mol. The van der Waals surface area contributed by atoms with Gasteiger partial charge in [-0.2, -0.15) is 18.4 Å². The number of H-pyrrole nitrogens is 1. The predicted octanol–water partition coefficient (Wildman–Crippen LogP) is 3.54. The van der Waals surface area contributed by atoms with Crippen molar-refractivity contribution in [2.75, 3.05) is 12.0 Å². The molecule has 5 rings (SSSR count). The quantitative estimate of drug-likeness (QED) is 0.475. The van der Waals surface area contributed by atoms with E-state index in [4.69, 9.17) is 4.74 Å². The molecule has 0 radical (unpaired) electrons. The first kappa shape index (κ1) is 25.8. The average molecular weight is 538 g/mol. The van der Waals surface area contributed by atoms with Crippen LogP contribution in [0, 0.1) is 11.3 Å². The summed E-state index contributed by atoms with van der Waals surface area (Å²) in [6, 6.07) is 9.33. The van der Waals surface area contributed by atoms with E-state index in [9.17, 15) is 32.8 Å². The number of amides is 1. The van der Waals surface area contributed by atoms with Crippen molar-refractivity contribution in [2.45, 2.75) is 38.0 Å². The Hall–Kier alpha value is -4.86. The van der Waals surface area contributed by atoms with Crippen LogP contribution in [0.2, 0.25) is 0 Å². The van der Waals surface area contributed by atoms with Gasteiger partial charge in [-0.05, 0) is 55.7 Å². The zero-order valence-electron chi connectivity index (χ0n) is 20.7. The highest BCUT2D eigenvalue weighted by Crippen LogP contribution is 2.43. The number of esters is 1. The lowest BCUT2D eigenvalue weighted by Gasteiger charge is -2.36. The van der Waals surface area contributed by atoms with Crippen LogP contribution in [0.25, 0.3) is 0 Å². The normalized spacial score (nSPS) is 16.9. The molecule has 1 saturated carbocycles. The molecule has 2 aliphatic rings. The van der Waals surface area contributed by atoms with Crippen LogP contribution in [0.3, 0.4) is 0 Å². The van der Waals surface area contributed by atoms with E-state index in [0.29, 0.717) is 0 Å². The molecule has 3 aromatic rings. The lowest BCUT2D eigenvalue weighted by molar-refractivity contribution is -0.138. The number of nitriles is 1. The molecular weight excluding hydrogens is 517 g/mol. The molecule has 1 atom stereocenters. The summed E-state index contributed by atoms with van der Waals surface area (Å²) in [5.74, 6) is -1.47. The number of nitrogens with one attached hydrogen (secondary N) is 2. The number of alkyl halides is 3. The summed E-state index contributed by atoms with van der Waals surface area (Å²) in [6.45, 7) is 1.48. The maximum atomic E-state index is 13.5. The Morgan fingerprint density at radius 1 is 1.21 bits per heavy atom. The van der Waals surface area contributed by atoms with Crippen LogP contribution < -0.4 is 15.9 Å². The number of fused-ring (bicyclic) bond motifs is 1. The second kappa shape index (κ2) is 9.46. The number of anilines is 2. The van der Waals surface area contributed by atoms with Gasteiger partial charge in [-0.3, -0.25) is 9.69 Å². The Balaban J connectivity index is 1.77. The van der Waals surface area contributed by atoms with Gasteiger partial charge < -0.3 is 10.1 Å². The van der Waals surface area contributed by atoms with E-state index >= 15 is 0 Å². The molecular formula is C26H21F3N6O4. The van der Waals surface area contributed by atoms with Gasteiger partial charge in [0.15, 0.2) is 0 Å². The lowest BCUT2D eigenvalue weighted by Crippen LogP contribution is -2.39. The third-order valence-corrected chi connectivity index (χ3v) is 6.61. The molecule has 200 valence electrons. The summed E-state index contributed by atoms with van der Waals surface area (Å²) in [4.78, 5) is 40.8. The third-order valence-electron chi connectivity index (χ3n) is 6.61. The maximum absolute atomic E-state index is 13.5. The molecule has 0 spiro atoms. The number of carbonyl (C=O) groups excluding carboxylic acids is 2. The minimum atomic E-state index is -4.64. The lowest BCUT2D eigenvalue weighted by atomic mass is 9.89. The maximum Gasteiger partial charge on any atom is 0.416 e. The van der Waals surface area contributed by atoms with Crippen molar-refractivity contribution in [1.29, 1.82) is 5.26 Å². The molecule has 0 unspecified atom stereocenters. The molecule has 2 N–H and O–H groups in total. The van der Waals surface area contributed by atoms with Gasteiger partial charge >= 0.3 is 17.8 Å². The molecule has 10 nitrogen and oxygen atoms in total. The van der Waals surface area contributed by atoms with E-state index in [2.05, 4.69) is 15.5 Å². The van der Waals surface area contributed by atoms with Crippen LogP contribution in [-0.4, -0.2) is 39.8 Å². The number of ether oxygens (including phenoxy) is 1. The standard InChI is InChI=1S/C26H21F3N6O4/c1-13-20(23(37)39-2)21(18-9-6-14(12-30)10-19(18)22(36)31-16-7-8-16)35-24(32-33-25(35)38)34(13)17-5-3-4-15(11-17)26(27,28)29/h3-6,9-11,16,21H,7-8H2,1-2H3,(H,31,36)(H,33,38)/t21-/m1/s1. The van der Waals surface area contributed by atoms with Gasteiger partial charge in [0.25, 0.3) is 5.91 Å². The van der Waals surface area contributed by atoms with Crippen molar-refractivity contribution < 1.29 is 27.5 Å². The molecule has 2 heterocycles. The van der Waals surface area contributed by atoms with Crippen molar-refractivity contribution in [2.24, 2.45) is 0 Å². The molecule has 1 fully saturated rings. The predicted molar refractivity (Wildman–Crippen MR) is 131 cm³/mol. The van der Waals surface area contributed by atoms with Crippen molar-refractivity contribution in [3.63, 3.8) is 0 Å². The summed E-state index contributed by atoms with van der Waals surface area (Å²) in [7, 11) is 1.13. The number of benzene rings is 2. The second-order valence-electron chi connectivity index (χ2n) is 9.14. The minimum absolute atomic E-state index is 0.00560. The number of hydrogen-bond acceptors (Lipinski definition) is 7. The smallest absolute Gasteiger partial charge is 0.416 e. The Labute approximate surface area is 219 Å². The first-order valence-corrected chi connectivity index (χ1v) is 11.8. The van der Waals surface area contributed by atoms with Crippen molar-refractivity contribution >= 4 is 23.5 Å². The average Bonchev–Trinajstić information content (AvgIpc) is 3.66. The minimum Gasteiger partial charge on any atom is -0.466 e. The number of hydrogen-bond donors (Lipinski definition) is 2. The van der Waals surface area contributed by atoms with Gasteiger partial charge in [-0.1, -0.05) is 12.1 Å². The van der Waals surface area contributed by atoms with E-state index in [1.165, 1.54) is 42.2 Å². The fourth-order valence-corrected chi connectivity index (χ4v) is 4.63. The highest BCUT2D eigenvalue weighted by Gasteiger charge is 2.41. The molecule has 1 aliphatic heterocycles. The number of rotatable bonds is 5. The Bertz CT molecular complexity index is 1630. The molecule has 39 heavy (non-hydrogen) atoms. The zero-order valence-corrected chi connectivity index (χ0v) is 20.7. The van der Waals surface area contributed by atoms with E-state index in [1.807, 2.05) is 6.07 Å². The first-order chi connectivity index (χ1) is 18.5. The zero-order chi connectivity index (χ0) is 28.1. The largest absolute Gasteiger partial charge is 0.466 e.